The molecule has 0 saturated heterocycles. The third kappa shape index (κ3) is 6.86. The predicted molar refractivity (Wildman–Crippen MR) is 41.4 cm³/mol. The lowest BCUT2D eigenvalue weighted by Crippen LogP contribution is -2.22. The molecule has 4 nitrogen and oxygen atoms in total. The Morgan fingerprint density at radius 3 is 2.73 bits per heavy atom. The minimum absolute atomic E-state index is 0.424. The highest BCUT2D eigenvalue weighted by molar-refractivity contribution is 5.66. The number of nitrogens with one attached hydrogen (secondary N) is 1. The van der Waals surface area contributed by atoms with Crippen molar-refractivity contribution in [2.24, 2.45) is 0 Å². The van der Waals surface area contributed by atoms with Gasteiger partial charge in [0.2, 0.25) is 0 Å². The predicted octanol–water partition coefficient (Wildman–Crippen LogP) is 0.545. The maximum Gasteiger partial charge on any atom is 0.407 e. The van der Waals surface area contributed by atoms with Crippen LogP contribution in [0.2, 0.25) is 0 Å². The first-order valence-corrected chi connectivity index (χ1v) is 3.27. The van der Waals surface area contributed by atoms with Gasteiger partial charge < -0.3 is 14.8 Å². The van der Waals surface area contributed by atoms with Gasteiger partial charge >= 0.3 is 6.09 Å². The molecule has 0 fully saturated rings. The van der Waals surface area contributed by atoms with Crippen LogP contribution in [0.3, 0.4) is 0 Å². The van der Waals surface area contributed by atoms with Crippen molar-refractivity contribution in [1.82, 2.24) is 5.32 Å². The summed E-state index contributed by atoms with van der Waals surface area (Å²) in [5.41, 5.74) is 0. The van der Waals surface area contributed by atoms with Gasteiger partial charge in [0.05, 0.1) is 13.7 Å². The van der Waals surface area contributed by atoms with Gasteiger partial charge in [-0.25, -0.2) is 4.79 Å². The number of carbonyl (C=O) groups is 1. The smallest absolute Gasteiger partial charge is 0.407 e. The molecule has 0 rings (SSSR count). The molecule has 0 aliphatic heterocycles. The molecule has 0 heterocycles. The number of carbonyl (C=O) groups excluding carboxylic acids is 1. The fourth-order valence-electron chi connectivity index (χ4n) is 0.462. The zero-order valence-electron chi connectivity index (χ0n) is 6.79. The van der Waals surface area contributed by atoms with E-state index in [0.717, 1.165) is 0 Å². The summed E-state index contributed by atoms with van der Waals surface area (Å²) < 4.78 is 9.09. The molecule has 0 radical (unpaired) electrons. The highest BCUT2D eigenvalue weighted by Gasteiger charge is 1.91. The van der Waals surface area contributed by atoms with Crippen molar-refractivity contribution in [2.45, 2.75) is 0 Å². The zero-order valence-corrected chi connectivity index (χ0v) is 6.79. The summed E-state index contributed by atoms with van der Waals surface area (Å²) in [5.74, 6) is 0. The van der Waals surface area contributed by atoms with Crippen molar-refractivity contribution >= 4 is 6.09 Å². The Morgan fingerprint density at radius 1 is 1.45 bits per heavy atom. The maximum absolute atomic E-state index is 10.4. The SMILES string of the molecule is COC/C=C\CNC(=O)OC. The van der Waals surface area contributed by atoms with Gasteiger partial charge in [-0.05, 0) is 0 Å². The summed E-state index contributed by atoms with van der Waals surface area (Å²) in [6, 6.07) is 0. The number of hydrogen-bond donors (Lipinski definition) is 1. The quantitative estimate of drug-likeness (QED) is 0.609. The molecule has 0 bridgehead atoms. The van der Waals surface area contributed by atoms with E-state index in [-0.39, 0.29) is 0 Å². The van der Waals surface area contributed by atoms with Crippen LogP contribution in [-0.2, 0) is 9.47 Å². The number of rotatable bonds is 4. The number of amides is 1. The van der Waals surface area contributed by atoms with Crippen LogP contribution in [0, 0.1) is 0 Å². The third-order valence-corrected chi connectivity index (χ3v) is 0.979. The Balaban J connectivity index is 3.19. The molecule has 0 saturated carbocycles. The molecule has 0 unspecified atom stereocenters. The van der Waals surface area contributed by atoms with Crippen LogP contribution in [0.15, 0.2) is 12.2 Å². The molecule has 0 aromatic carbocycles. The second-order valence-corrected chi connectivity index (χ2v) is 1.80. The average molecular weight is 159 g/mol. The van der Waals surface area contributed by atoms with E-state index < -0.39 is 6.09 Å². The van der Waals surface area contributed by atoms with Crippen LogP contribution in [0.25, 0.3) is 0 Å². The van der Waals surface area contributed by atoms with Crippen LogP contribution in [0.1, 0.15) is 0 Å². The molecule has 0 aliphatic rings. The van der Waals surface area contributed by atoms with Gasteiger partial charge in [-0.15, -0.1) is 0 Å². The topological polar surface area (TPSA) is 47.6 Å². The highest BCUT2D eigenvalue weighted by atomic mass is 16.5. The largest absolute Gasteiger partial charge is 0.453 e. The van der Waals surface area contributed by atoms with Crippen LogP contribution in [0.4, 0.5) is 4.79 Å². The van der Waals surface area contributed by atoms with Gasteiger partial charge in [-0.3, -0.25) is 0 Å². The Bertz CT molecular complexity index is 134. The van der Waals surface area contributed by atoms with E-state index >= 15 is 0 Å². The third-order valence-electron chi connectivity index (χ3n) is 0.979. The Hall–Kier alpha value is -1.03. The molecule has 0 aromatic heterocycles. The van der Waals surface area contributed by atoms with Crippen molar-refractivity contribution in [3.05, 3.63) is 12.2 Å². The molecule has 1 amide bonds. The molecule has 0 aliphatic carbocycles. The van der Waals surface area contributed by atoms with Gasteiger partial charge in [0.15, 0.2) is 0 Å². The van der Waals surface area contributed by atoms with E-state index in [0.29, 0.717) is 13.2 Å². The molecular formula is C7H13NO3. The summed E-state index contributed by atoms with van der Waals surface area (Å²) in [6.07, 6.45) is 3.18. The van der Waals surface area contributed by atoms with E-state index in [2.05, 4.69) is 10.1 Å². The van der Waals surface area contributed by atoms with Crippen molar-refractivity contribution in [3.63, 3.8) is 0 Å². The van der Waals surface area contributed by atoms with E-state index in [1.54, 1.807) is 13.2 Å². The molecule has 11 heavy (non-hydrogen) atoms. The standard InChI is InChI=1S/C7H13NO3/c1-10-6-4-3-5-8-7(9)11-2/h3-4H,5-6H2,1-2H3,(H,8,9)/b4-3-. The molecule has 0 aromatic rings. The van der Waals surface area contributed by atoms with Crippen LogP contribution in [0.5, 0.6) is 0 Å². The molecule has 0 atom stereocenters. The van der Waals surface area contributed by atoms with E-state index in [9.17, 15) is 4.79 Å². The monoisotopic (exact) mass is 159 g/mol. The van der Waals surface area contributed by atoms with Crippen molar-refractivity contribution in [3.8, 4) is 0 Å². The summed E-state index contributed by atoms with van der Waals surface area (Å²) in [7, 11) is 2.94. The van der Waals surface area contributed by atoms with Crippen molar-refractivity contribution < 1.29 is 14.3 Å². The minimum Gasteiger partial charge on any atom is -0.453 e. The van der Waals surface area contributed by atoms with Gasteiger partial charge in [0.25, 0.3) is 0 Å². The highest BCUT2D eigenvalue weighted by Crippen LogP contribution is 1.74. The summed E-state index contributed by atoms with van der Waals surface area (Å²) >= 11 is 0. The zero-order chi connectivity index (χ0) is 8.53. The van der Waals surface area contributed by atoms with Crippen molar-refractivity contribution in [1.29, 1.82) is 0 Å². The lowest BCUT2D eigenvalue weighted by molar-refractivity contribution is 0.172. The summed E-state index contributed by atoms with van der Waals surface area (Å²) in [5, 5.41) is 2.49. The summed E-state index contributed by atoms with van der Waals surface area (Å²) in [6.45, 7) is 1.03. The number of alkyl carbamates (subject to hydrolysis) is 1. The number of methoxy groups -OCH3 is 2. The fraction of sp³-hybridized carbons (Fsp3) is 0.571. The van der Waals surface area contributed by atoms with Gasteiger partial charge in [-0.2, -0.15) is 0 Å². The van der Waals surface area contributed by atoms with E-state index in [4.69, 9.17) is 4.74 Å². The molecule has 4 heteroatoms. The van der Waals surface area contributed by atoms with Crippen molar-refractivity contribution in [2.75, 3.05) is 27.4 Å². The summed E-state index contributed by atoms with van der Waals surface area (Å²) in [4.78, 5) is 10.4. The van der Waals surface area contributed by atoms with Gasteiger partial charge in [-0.1, -0.05) is 12.2 Å². The molecule has 64 valence electrons. The van der Waals surface area contributed by atoms with Gasteiger partial charge in [0, 0.05) is 13.7 Å². The molecule has 0 spiro atoms. The van der Waals surface area contributed by atoms with Crippen LogP contribution in [-0.4, -0.2) is 33.5 Å². The lowest BCUT2D eigenvalue weighted by atomic mass is 10.5. The normalized spacial score (nSPS) is 10.0. The van der Waals surface area contributed by atoms with E-state index in [1.807, 2.05) is 6.08 Å². The molecule has 1 N–H and O–H groups in total. The second kappa shape index (κ2) is 7.08. The maximum atomic E-state index is 10.4. The lowest BCUT2D eigenvalue weighted by Gasteiger charge is -1.97. The fourth-order valence-corrected chi connectivity index (χ4v) is 0.462. The Kier molecular flexibility index (Phi) is 6.42. The van der Waals surface area contributed by atoms with E-state index in [1.165, 1.54) is 7.11 Å². The van der Waals surface area contributed by atoms with Gasteiger partial charge in [0.1, 0.15) is 0 Å². The first-order chi connectivity index (χ1) is 5.31. The average Bonchev–Trinajstić information content (AvgIpc) is 2.04. The Morgan fingerprint density at radius 2 is 2.18 bits per heavy atom. The van der Waals surface area contributed by atoms with Crippen LogP contribution < -0.4 is 5.32 Å². The molecular weight excluding hydrogens is 146 g/mol. The second-order valence-electron chi connectivity index (χ2n) is 1.80. The first-order valence-electron chi connectivity index (χ1n) is 3.27. The number of ether oxygens (including phenoxy) is 2. The van der Waals surface area contributed by atoms with Crippen LogP contribution >= 0.6 is 0 Å². The first kappa shape index (κ1) is 9.97. The number of hydrogen-bond acceptors (Lipinski definition) is 3. The Labute approximate surface area is 66.2 Å². The minimum atomic E-state index is -0.424.